The predicted octanol–water partition coefficient (Wildman–Crippen LogP) is 4.92. The van der Waals surface area contributed by atoms with Crippen LogP contribution in [0.1, 0.15) is 37.4 Å². The number of esters is 1. The van der Waals surface area contributed by atoms with Crippen molar-refractivity contribution in [1.29, 1.82) is 0 Å². The number of anilines is 1. The number of hydrogen-bond donors (Lipinski definition) is 3. The van der Waals surface area contributed by atoms with Crippen molar-refractivity contribution in [1.82, 2.24) is 0 Å². The molecule has 4 aromatic carbocycles. The van der Waals surface area contributed by atoms with Gasteiger partial charge in [0.2, 0.25) is 0 Å². The Morgan fingerprint density at radius 3 is 2.38 bits per heavy atom. The average Bonchev–Trinajstić information content (AvgIpc) is 3.14. The van der Waals surface area contributed by atoms with Gasteiger partial charge in [0.1, 0.15) is 22.9 Å². The third kappa shape index (κ3) is 2.70. The van der Waals surface area contributed by atoms with E-state index in [0.29, 0.717) is 27.8 Å². The summed E-state index contributed by atoms with van der Waals surface area (Å²) in [6, 6.07) is 23.1. The molecule has 0 saturated carbocycles. The number of rotatable bonds is 2. The molecule has 0 aromatic heterocycles. The Morgan fingerprint density at radius 2 is 1.56 bits per heavy atom. The largest absolute Gasteiger partial charge is 0.508 e. The van der Waals surface area contributed by atoms with Crippen molar-refractivity contribution in [2.75, 3.05) is 5.32 Å². The minimum absolute atomic E-state index is 0.0279. The molecule has 1 atom stereocenters. The van der Waals surface area contributed by atoms with Gasteiger partial charge in [0, 0.05) is 22.8 Å². The van der Waals surface area contributed by atoms with Gasteiger partial charge in [-0.15, -0.1) is 0 Å². The van der Waals surface area contributed by atoms with E-state index in [1.807, 2.05) is 0 Å². The minimum atomic E-state index is -1.38. The van der Waals surface area contributed by atoms with Crippen LogP contribution in [0.5, 0.6) is 23.0 Å². The van der Waals surface area contributed by atoms with Crippen molar-refractivity contribution >= 4 is 17.6 Å². The van der Waals surface area contributed by atoms with Crippen molar-refractivity contribution in [3.8, 4) is 23.0 Å². The zero-order chi connectivity index (χ0) is 23.4. The van der Waals surface area contributed by atoms with E-state index in [4.69, 9.17) is 9.47 Å². The van der Waals surface area contributed by atoms with Gasteiger partial charge in [-0.25, -0.2) is 4.79 Å². The summed E-state index contributed by atoms with van der Waals surface area (Å²) in [6.45, 7) is 0. The monoisotopic (exact) mass is 451 g/mol. The number of ether oxygens (including phenoxy) is 2. The average molecular weight is 451 g/mol. The number of carbonyl (C=O) groups is 2. The number of fused-ring (bicyclic) bond motifs is 6. The summed E-state index contributed by atoms with van der Waals surface area (Å²) in [5, 5.41) is 23.5. The normalized spacial score (nSPS) is 17.2. The van der Waals surface area contributed by atoms with E-state index in [1.165, 1.54) is 18.2 Å². The number of aromatic hydroxyl groups is 2. The van der Waals surface area contributed by atoms with E-state index in [-0.39, 0.29) is 28.7 Å². The Balaban J connectivity index is 1.60. The zero-order valence-electron chi connectivity index (χ0n) is 17.6. The molecular formula is C27H17NO6. The van der Waals surface area contributed by atoms with E-state index >= 15 is 0 Å². The van der Waals surface area contributed by atoms with Crippen LogP contribution in [0.25, 0.3) is 0 Å². The van der Waals surface area contributed by atoms with E-state index in [2.05, 4.69) is 5.32 Å². The van der Waals surface area contributed by atoms with Gasteiger partial charge in [-0.05, 0) is 42.5 Å². The number of nitrogens with one attached hydrogen (secondary N) is 1. The van der Waals surface area contributed by atoms with Crippen molar-refractivity contribution in [2.45, 2.75) is 5.60 Å². The van der Waals surface area contributed by atoms with E-state index in [1.54, 1.807) is 66.7 Å². The SMILES string of the molecule is O=C(Nc1c(O)ccc2c1Oc1cc(O)ccc1C21OC(=O)c2ccccc21)c1ccccc1. The minimum Gasteiger partial charge on any atom is -0.508 e. The molecular weight excluding hydrogens is 434 g/mol. The van der Waals surface area contributed by atoms with Crippen LogP contribution in [-0.2, 0) is 10.3 Å². The summed E-state index contributed by atoms with van der Waals surface area (Å²) in [4.78, 5) is 25.8. The summed E-state index contributed by atoms with van der Waals surface area (Å²) in [5.74, 6) is -0.882. The topological polar surface area (TPSA) is 105 Å². The highest BCUT2D eigenvalue weighted by atomic mass is 16.6. The molecule has 2 aliphatic heterocycles. The van der Waals surface area contributed by atoms with Crippen LogP contribution in [0.3, 0.4) is 0 Å². The molecule has 0 bridgehead atoms. The first-order valence-electron chi connectivity index (χ1n) is 10.6. The molecule has 3 N–H and O–H groups in total. The van der Waals surface area contributed by atoms with Crippen molar-refractivity contribution in [2.24, 2.45) is 0 Å². The number of hydrogen-bond acceptors (Lipinski definition) is 6. The fraction of sp³-hybridized carbons (Fsp3) is 0.0370. The highest BCUT2D eigenvalue weighted by molar-refractivity contribution is 6.06. The molecule has 0 fully saturated rings. The smallest absolute Gasteiger partial charge is 0.340 e. The lowest BCUT2D eigenvalue weighted by atomic mass is 9.77. The molecule has 7 nitrogen and oxygen atoms in total. The maximum Gasteiger partial charge on any atom is 0.340 e. The third-order valence-corrected chi connectivity index (χ3v) is 6.12. The molecule has 34 heavy (non-hydrogen) atoms. The van der Waals surface area contributed by atoms with Gasteiger partial charge >= 0.3 is 5.97 Å². The van der Waals surface area contributed by atoms with E-state index in [0.717, 1.165) is 0 Å². The van der Waals surface area contributed by atoms with Crippen LogP contribution in [0.15, 0.2) is 84.9 Å². The summed E-state index contributed by atoms with van der Waals surface area (Å²) >= 11 is 0. The Bertz CT molecular complexity index is 1500. The molecule has 166 valence electrons. The Hall–Kier alpha value is -4.78. The van der Waals surface area contributed by atoms with Crippen LogP contribution in [-0.4, -0.2) is 22.1 Å². The Labute approximate surface area is 193 Å². The van der Waals surface area contributed by atoms with Crippen molar-refractivity contribution in [3.63, 3.8) is 0 Å². The summed E-state index contributed by atoms with van der Waals surface area (Å²) in [7, 11) is 0. The zero-order valence-corrected chi connectivity index (χ0v) is 17.6. The fourth-order valence-corrected chi connectivity index (χ4v) is 4.61. The second-order valence-corrected chi connectivity index (χ2v) is 8.06. The second-order valence-electron chi connectivity index (χ2n) is 8.06. The van der Waals surface area contributed by atoms with Gasteiger partial charge in [0.25, 0.3) is 5.91 Å². The number of phenolic OH excluding ortho intramolecular Hbond substituents is 2. The van der Waals surface area contributed by atoms with Crippen LogP contribution in [0.4, 0.5) is 5.69 Å². The van der Waals surface area contributed by atoms with Gasteiger partial charge in [0.15, 0.2) is 11.4 Å². The van der Waals surface area contributed by atoms with E-state index < -0.39 is 17.5 Å². The third-order valence-electron chi connectivity index (χ3n) is 6.12. The Morgan fingerprint density at radius 1 is 0.824 bits per heavy atom. The second kappa shape index (κ2) is 7.11. The highest BCUT2D eigenvalue weighted by Gasteiger charge is 2.54. The molecule has 7 heteroatoms. The van der Waals surface area contributed by atoms with Crippen LogP contribution in [0, 0.1) is 0 Å². The molecule has 4 aromatic rings. The molecule has 2 aliphatic rings. The van der Waals surface area contributed by atoms with Gasteiger partial charge in [-0.1, -0.05) is 36.4 Å². The highest BCUT2D eigenvalue weighted by Crippen LogP contribution is 2.59. The maximum atomic E-state index is 12.9. The molecule has 2 heterocycles. The number of amides is 1. The number of phenols is 2. The molecule has 1 unspecified atom stereocenters. The molecule has 0 saturated heterocycles. The van der Waals surface area contributed by atoms with Crippen LogP contribution >= 0.6 is 0 Å². The first-order chi connectivity index (χ1) is 16.5. The Kier molecular flexibility index (Phi) is 4.16. The molecule has 0 aliphatic carbocycles. The lowest BCUT2D eigenvalue weighted by Crippen LogP contribution is -2.33. The van der Waals surface area contributed by atoms with E-state index in [9.17, 15) is 19.8 Å². The summed E-state index contributed by atoms with van der Waals surface area (Å²) in [5.41, 5.74) is 0.984. The maximum absolute atomic E-state index is 12.9. The predicted molar refractivity (Wildman–Crippen MR) is 122 cm³/mol. The number of carbonyl (C=O) groups excluding carboxylic acids is 2. The van der Waals surface area contributed by atoms with Crippen molar-refractivity contribution in [3.05, 3.63) is 113 Å². The van der Waals surface area contributed by atoms with Crippen LogP contribution < -0.4 is 10.1 Å². The summed E-state index contributed by atoms with van der Waals surface area (Å²) in [6.07, 6.45) is 0. The van der Waals surface area contributed by atoms with Gasteiger partial charge in [-0.3, -0.25) is 4.79 Å². The molecule has 1 amide bonds. The van der Waals surface area contributed by atoms with Crippen LogP contribution in [0.2, 0.25) is 0 Å². The first kappa shape index (κ1) is 19.9. The van der Waals surface area contributed by atoms with Gasteiger partial charge in [0.05, 0.1) is 11.1 Å². The molecule has 1 spiro atoms. The summed E-state index contributed by atoms with van der Waals surface area (Å²) < 4.78 is 12.2. The standard InChI is InChI=1S/C27H17NO6/c29-16-10-11-19-22(14-16)33-24-20(27(19)18-9-5-4-8-17(18)26(32)34-27)12-13-21(30)23(24)28-25(31)15-6-2-1-3-7-15/h1-14,29-30H,(H,28,31). The fourth-order valence-electron chi connectivity index (χ4n) is 4.61. The molecule has 0 radical (unpaired) electrons. The lowest BCUT2D eigenvalue weighted by Gasteiger charge is -2.37. The van der Waals surface area contributed by atoms with Gasteiger partial charge in [-0.2, -0.15) is 0 Å². The van der Waals surface area contributed by atoms with Crippen molar-refractivity contribution < 1.29 is 29.3 Å². The lowest BCUT2D eigenvalue weighted by molar-refractivity contribution is 0.0224. The van der Waals surface area contributed by atoms with Gasteiger partial charge < -0.3 is 25.0 Å². The quantitative estimate of drug-likeness (QED) is 0.295. The molecule has 6 rings (SSSR count). The first-order valence-corrected chi connectivity index (χ1v) is 10.6. The number of benzene rings is 4.